The first-order valence-corrected chi connectivity index (χ1v) is 7.01. The van der Waals surface area contributed by atoms with E-state index in [1.54, 1.807) is 12.3 Å². The van der Waals surface area contributed by atoms with Crippen LogP contribution in [0.2, 0.25) is 0 Å². The minimum absolute atomic E-state index is 0.0215. The molecular weight excluding hydrogens is 238 g/mol. The van der Waals surface area contributed by atoms with Crippen molar-refractivity contribution in [3.63, 3.8) is 0 Å². The van der Waals surface area contributed by atoms with Gasteiger partial charge in [0.05, 0.1) is 5.56 Å². The Morgan fingerprint density at radius 2 is 2.32 bits per heavy atom. The van der Waals surface area contributed by atoms with Crippen molar-refractivity contribution in [1.82, 2.24) is 10.3 Å². The maximum absolute atomic E-state index is 12.3. The molecule has 2 N–H and O–H groups in total. The van der Waals surface area contributed by atoms with Gasteiger partial charge >= 0.3 is 0 Å². The molecule has 1 heterocycles. The summed E-state index contributed by atoms with van der Waals surface area (Å²) in [6, 6.07) is 3.91. The topological polar surface area (TPSA) is 54.0 Å². The fourth-order valence-electron chi connectivity index (χ4n) is 2.72. The maximum Gasteiger partial charge on any atom is 0.255 e. The van der Waals surface area contributed by atoms with Crippen molar-refractivity contribution in [3.8, 4) is 0 Å². The number of aromatic nitrogens is 1. The van der Waals surface area contributed by atoms with E-state index in [4.69, 9.17) is 0 Å². The van der Waals surface area contributed by atoms with Crippen molar-refractivity contribution in [2.24, 2.45) is 5.41 Å². The van der Waals surface area contributed by atoms with Crippen LogP contribution in [-0.4, -0.2) is 23.5 Å². The third-order valence-corrected chi connectivity index (χ3v) is 3.70. The summed E-state index contributed by atoms with van der Waals surface area (Å²) < 4.78 is 0. The molecule has 1 saturated carbocycles. The predicted molar refractivity (Wildman–Crippen MR) is 77.3 cm³/mol. The zero-order valence-electron chi connectivity index (χ0n) is 12.0. The van der Waals surface area contributed by atoms with E-state index < -0.39 is 0 Å². The molecular formula is C15H23N3O. The Labute approximate surface area is 115 Å². The summed E-state index contributed by atoms with van der Waals surface area (Å²) in [6.45, 7) is 7.27. The SMILES string of the molecule is CCNc1ncccc1C(=O)NC1CCC(C)(C)C1. The smallest absolute Gasteiger partial charge is 0.255 e. The number of rotatable bonds is 4. The van der Waals surface area contributed by atoms with Gasteiger partial charge in [0.25, 0.3) is 5.91 Å². The van der Waals surface area contributed by atoms with Gasteiger partial charge in [-0.15, -0.1) is 0 Å². The number of hydrogen-bond acceptors (Lipinski definition) is 3. The van der Waals surface area contributed by atoms with Crippen LogP contribution in [0.1, 0.15) is 50.4 Å². The lowest BCUT2D eigenvalue weighted by Crippen LogP contribution is -2.34. The second kappa shape index (κ2) is 5.59. The molecule has 0 saturated heterocycles. The normalized spacial score (nSPS) is 21.1. The first kappa shape index (κ1) is 13.8. The molecule has 1 aromatic rings. The van der Waals surface area contributed by atoms with Crippen molar-refractivity contribution in [2.75, 3.05) is 11.9 Å². The molecule has 104 valence electrons. The molecule has 4 nitrogen and oxygen atoms in total. The molecule has 0 aromatic carbocycles. The van der Waals surface area contributed by atoms with Crippen LogP contribution in [0.25, 0.3) is 0 Å². The van der Waals surface area contributed by atoms with Crippen molar-refractivity contribution in [3.05, 3.63) is 23.9 Å². The lowest BCUT2D eigenvalue weighted by Gasteiger charge is -2.18. The van der Waals surface area contributed by atoms with E-state index in [1.807, 2.05) is 13.0 Å². The van der Waals surface area contributed by atoms with Gasteiger partial charge in [-0.1, -0.05) is 13.8 Å². The Kier molecular flexibility index (Phi) is 4.08. The third kappa shape index (κ3) is 3.46. The summed E-state index contributed by atoms with van der Waals surface area (Å²) >= 11 is 0. The van der Waals surface area contributed by atoms with Crippen LogP contribution in [0.15, 0.2) is 18.3 Å². The molecule has 1 aliphatic carbocycles. The summed E-state index contributed by atoms with van der Waals surface area (Å²) in [4.78, 5) is 16.5. The molecule has 0 bridgehead atoms. The Balaban J connectivity index is 2.04. The van der Waals surface area contributed by atoms with Gasteiger partial charge < -0.3 is 10.6 Å². The van der Waals surface area contributed by atoms with E-state index in [0.717, 1.165) is 19.4 Å². The fraction of sp³-hybridized carbons (Fsp3) is 0.600. The highest BCUT2D eigenvalue weighted by Gasteiger charge is 2.32. The van der Waals surface area contributed by atoms with Crippen molar-refractivity contribution < 1.29 is 4.79 Å². The lowest BCUT2D eigenvalue weighted by molar-refractivity contribution is 0.0936. The van der Waals surface area contributed by atoms with Crippen molar-refractivity contribution in [1.29, 1.82) is 0 Å². The highest BCUT2D eigenvalue weighted by atomic mass is 16.1. The van der Waals surface area contributed by atoms with Gasteiger partial charge in [-0.05, 0) is 43.7 Å². The molecule has 1 unspecified atom stereocenters. The first-order chi connectivity index (χ1) is 9.02. The number of nitrogens with one attached hydrogen (secondary N) is 2. The van der Waals surface area contributed by atoms with Gasteiger partial charge in [0.15, 0.2) is 0 Å². The molecule has 1 aromatic heterocycles. The molecule has 0 spiro atoms. The standard InChI is InChI=1S/C15H23N3O/c1-4-16-13-12(6-5-9-17-13)14(19)18-11-7-8-15(2,3)10-11/h5-6,9,11H,4,7-8,10H2,1-3H3,(H,16,17)(H,18,19). The molecule has 0 aliphatic heterocycles. The average molecular weight is 261 g/mol. The van der Waals surface area contributed by atoms with E-state index in [0.29, 0.717) is 16.8 Å². The largest absolute Gasteiger partial charge is 0.370 e. The monoisotopic (exact) mass is 261 g/mol. The van der Waals surface area contributed by atoms with Crippen LogP contribution in [0, 0.1) is 5.41 Å². The van der Waals surface area contributed by atoms with Gasteiger partial charge in [0.1, 0.15) is 5.82 Å². The predicted octanol–water partition coefficient (Wildman–Crippen LogP) is 2.82. The van der Waals surface area contributed by atoms with Crippen LogP contribution in [0.5, 0.6) is 0 Å². The minimum Gasteiger partial charge on any atom is -0.370 e. The highest BCUT2D eigenvalue weighted by molar-refractivity contribution is 5.98. The van der Waals surface area contributed by atoms with E-state index in [-0.39, 0.29) is 11.9 Å². The molecule has 0 radical (unpaired) electrons. The van der Waals surface area contributed by atoms with E-state index in [2.05, 4.69) is 29.5 Å². The van der Waals surface area contributed by atoms with E-state index >= 15 is 0 Å². The molecule has 4 heteroatoms. The minimum atomic E-state index is -0.0215. The van der Waals surface area contributed by atoms with Crippen LogP contribution in [-0.2, 0) is 0 Å². The first-order valence-electron chi connectivity index (χ1n) is 7.01. The number of nitrogens with zero attached hydrogens (tertiary/aromatic N) is 1. The van der Waals surface area contributed by atoms with Gasteiger partial charge in [-0.3, -0.25) is 4.79 Å². The summed E-state index contributed by atoms with van der Waals surface area (Å²) in [7, 11) is 0. The van der Waals surface area contributed by atoms with Crippen LogP contribution >= 0.6 is 0 Å². The fourth-order valence-corrected chi connectivity index (χ4v) is 2.72. The third-order valence-electron chi connectivity index (χ3n) is 3.70. The molecule has 1 amide bonds. The zero-order chi connectivity index (χ0) is 13.9. The maximum atomic E-state index is 12.3. The Morgan fingerprint density at radius 1 is 1.53 bits per heavy atom. The molecule has 1 atom stereocenters. The molecule has 2 rings (SSSR count). The molecule has 1 fully saturated rings. The van der Waals surface area contributed by atoms with Crippen molar-refractivity contribution in [2.45, 2.75) is 46.1 Å². The summed E-state index contributed by atoms with van der Waals surface area (Å²) in [6.07, 6.45) is 4.99. The number of carbonyl (C=O) groups is 1. The Morgan fingerprint density at radius 3 is 2.95 bits per heavy atom. The summed E-state index contributed by atoms with van der Waals surface area (Å²) in [5.41, 5.74) is 0.978. The zero-order valence-corrected chi connectivity index (χ0v) is 12.0. The quantitative estimate of drug-likeness (QED) is 0.876. The van der Waals surface area contributed by atoms with Gasteiger partial charge in [-0.2, -0.15) is 0 Å². The second-order valence-corrected chi connectivity index (χ2v) is 6.01. The summed E-state index contributed by atoms with van der Waals surface area (Å²) in [5, 5.41) is 6.26. The number of amides is 1. The average Bonchev–Trinajstić information content (AvgIpc) is 2.69. The van der Waals surface area contributed by atoms with Gasteiger partial charge in [-0.25, -0.2) is 4.98 Å². The number of pyridine rings is 1. The highest BCUT2D eigenvalue weighted by Crippen LogP contribution is 2.37. The molecule has 19 heavy (non-hydrogen) atoms. The Bertz CT molecular complexity index is 456. The number of carbonyl (C=O) groups excluding carboxylic acids is 1. The Hall–Kier alpha value is -1.58. The van der Waals surface area contributed by atoms with Gasteiger partial charge in [0.2, 0.25) is 0 Å². The van der Waals surface area contributed by atoms with Crippen molar-refractivity contribution >= 4 is 11.7 Å². The number of hydrogen-bond donors (Lipinski definition) is 2. The van der Waals surface area contributed by atoms with E-state index in [9.17, 15) is 4.79 Å². The second-order valence-electron chi connectivity index (χ2n) is 6.01. The molecule has 1 aliphatic rings. The van der Waals surface area contributed by atoms with Crippen LogP contribution < -0.4 is 10.6 Å². The summed E-state index contributed by atoms with van der Waals surface area (Å²) in [5.74, 6) is 0.645. The van der Waals surface area contributed by atoms with Gasteiger partial charge in [0, 0.05) is 18.8 Å². The lowest BCUT2D eigenvalue weighted by atomic mass is 9.92. The van der Waals surface area contributed by atoms with Crippen LogP contribution in [0.4, 0.5) is 5.82 Å². The van der Waals surface area contributed by atoms with Crippen LogP contribution in [0.3, 0.4) is 0 Å². The van der Waals surface area contributed by atoms with E-state index in [1.165, 1.54) is 6.42 Å². The number of anilines is 1.